The first-order valence-electron chi connectivity index (χ1n) is 9.06. The lowest BCUT2D eigenvalue weighted by Gasteiger charge is -2.22. The molecule has 0 atom stereocenters. The normalized spacial score (nSPS) is 15.0. The number of nitrogens with one attached hydrogen (secondary N) is 2. The third-order valence-corrected chi connectivity index (χ3v) is 4.60. The molecule has 1 heterocycles. The van der Waals surface area contributed by atoms with Crippen molar-refractivity contribution in [3.05, 3.63) is 52.8 Å². The molecule has 1 amide bonds. The van der Waals surface area contributed by atoms with Gasteiger partial charge in [0, 0.05) is 18.3 Å². The average molecular weight is 338 g/mol. The second-order valence-electron chi connectivity index (χ2n) is 6.87. The van der Waals surface area contributed by atoms with Crippen LogP contribution in [0.2, 0.25) is 0 Å². The van der Waals surface area contributed by atoms with Gasteiger partial charge < -0.3 is 10.6 Å². The van der Waals surface area contributed by atoms with Crippen molar-refractivity contribution < 1.29 is 4.79 Å². The van der Waals surface area contributed by atoms with E-state index < -0.39 is 0 Å². The molecule has 1 aliphatic carbocycles. The van der Waals surface area contributed by atoms with Crippen molar-refractivity contribution in [1.82, 2.24) is 15.3 Å². The van der Waals surface area contributed by atoms with E-state index in [1.54, 1.807) is 6.07 Å². The SMILES string of the molecule is Cc1ccc(CNc2nc(C)cc(C(=O)NC3CCCCC3)n2)cc1. The van der Waals surface area contributed by atoms with Crippen LogP contribution in [0.15, 0.2) is 30.3 Å². The van der Waals surface area contributed by atoms with Gasteiger partial charge in [-0.1, -0.05) is 49.1 Å². The number of nitrogens with zero attached hydrogens (tertiary/aromatic N) is 2. The highest BCUT2D eigenvalue weighted by Gasteiger charge is 2.18. The molecule has 0 unspecified atom stereocenters. The van der Waals surface area contributed by atoms with Crippen LogP contribution in [-0.2, 0) is 6.54 Å². The van der Waals surface area contributed by atoms with Crippen LogP contribution in [0.25, 0.3) is 0 Å². The van der Waals surface area contributed by atoms with Crippen molar-refractivity contribution in [2.24, 2.45) is 0 Å². The lowest BCUT2D eigenvalue weighted by Crippen LogP contribution is -2.36. The molecule has 3 rings (SSSR count). The van der Waals surface area contributed by atoms with Crippen LogP contribution >= 0.6 is 0 Å². The molecule has 0 radical (unpaired) electrons. The molecular weight excluding hydrogens is 312 g/mol. The molecule has 1 aromatic heterocycles. The Bertz CT molecular complexity index is 721. The minimum atomic E-state index is -0.101. The monoisotopic (exact) mass is 338 g/mol. The van der Waals surface area contributed by atoms with Crippen LogP contribution in [0, 0.1) is 13.8 Å². The van der Waals surface area contributed by atoms with Crippen molar-refractivity contribution in [2.75, 3.05) is 5.32 Å². The minimum absolute atomic E-state index is 0.101. The smallest absolute Gasteiger partial charge is 0.270 e. The highest BCUT2D eigenvalue weighted by molar-refractivity contribution is 5.92. The fraction of sp³-hybridized carbons (Fsp3) is 0.450. The number of hydrogen-bond acceptors (Lipinski definition) is 4. The highest BCUT2D eigenvalue weighted by atomic mass is 16.1. The predicted molar refractivity (Wildman–Crippen MR) is 99.6 cm³/mol. The molecule has 2 N–H and O–H groups in total. The molecule has 132 valence electrons. The van der Waals surface area contributed by atoms with E-state index in [1.807, 2.05) is 6.92 Å². The Morgan fingerprint density at radius 1 is 1.08 bits per heavy atom. The van der Waals surface area contributed by atoms with Gasteiger partial charge in [-0.15, -0.1) is 0 Å². The van der Waals surface area contributed by atoms with E-state index in [0.29, 0.717) is 18.2 Å². The summed E-state index contributed by atoms with van der Waals surface area (Å²) >= 11 is 0. The number of carbonyl (C=O) groups is 1. The molecule has 25 heavy (non-hydrogen) atoms. The number of rotatable bonds is 5. The van der Waals surface area contributed by atoms with Gasteiger partial charge in [0.1, 0.15) is 5.69 Å². The van der Waals surface area contributed by atoms with Crippen molar-refractivity contribution in [1.29, 1.82) is 0 Å². The summed E-state index contributed by atoms with van der Waals surface area (Å²) in [5, 5.41) is 6.33. The summed E-state index contributed by atoms with van der Waals surface area (Å²) in [5.41, 5.74) is 3.61. The Hall–Kier alpha value is -2.43. The van der Waals surface area contributed by atoms with Gasteiger partial charge >= 0.3 is 0 Å². The zero-order valence-electron chi connectivity index (χ0n) is 15.0. The number of carbonyl (C=O) groups excluding carboxylic acids is 1. The second-order valence-corrected chi connectivity index (χ2v) is 6.87. The summed E-state index contributed by atoms with van der Waals surface area (Å²) in [6, 6.07) is 10.3. The van der Waals surface area contributed by atoms with Crippen LogP contribution in [-0.4, -0.2) is 21.9 Å². The summed E-state index contributed by atoms with van der Waals surface area (Å²) in [5.74, 6) is 0.394. The maximum atomic E-state index is 12.5. The Balaban J connectivity index is 1.64. The van der Waals surface area contributed by atoms with Gasteiger partial charge in [0.2, 0.25) is 5.95 Å². The molecule has 1 fully saturated rings. The Morgan fingerprint density at radius 3 is 2.52 bits per heavy atom. The third kappa shape index (κ3) is 5.02. The molecular formula is C20H26N4O. The first-order chi connectivity index (χ1) is 12.1. The molecule has 1 aromatic carbocycles. The van der Waals surface area contributed by atoms with E-state index in [-0.39, 0.29) is 11.9 Å². The fourth-order valence-electron chi connectivity index (χ4n) is 3.16. The van der Waals surface area contributed by atoms with Gasteiger partial charge in [0.25, 0.3) is 5.91 Å². The van der Waals surface area contributed by atoms with Crippen LogP contribution in [0.5, 0.6) is 0 Å². The molecule has 0 spiro atoms. The van der Waals surface area contributed by atoms with E-state index in [9.17, 15) is 4.79 Å². The fourth-order valence-corrected chi connectivity index (χ4v) is 3.16. The number of aromatic nitrogens is 2. The lowest BCUT2D eigenvalue weighted by atomic mass is 9.95. The summed E-state index contributed by atoms with van der Waals surface area (Å²) in [6.07, 6.45) is 5.78. The van der Waals surface area contributed by atoms with Crippen LogP contribution in [0.3, 0.4) is 0 Å². The number of benzene rings is 1. The lowest BCUT2D eigenvalue weighted by molar-refractivity contribution is 0.0922. The maximum Gasteiger partial charge on any atom is 0.270 e. The molecule has 5 nitrogen and oxygen atoms in total. The zero-order chi connectivity index (χ0) is 17.6. The molecule has 0 aliphatic heterocycles. The van der Waals surface area contributed by atoms with Gasteiger partial charge in [-0.3, -0.25) is 4.79 Å². The van der Waals surface area contributed by atoms with Gasteiger partial charge in [-0.2, -0.15) is 0 Å². The molecule has 0 bridgehead atoms. The van der Waals surface area contributed by atoms with E-state index in [2.05, 4.69) is 51.8 Å². The first-order valence-corrected chi connectivity index (χ1v) is 9.06. The average Bonchev–Trinajstić information content (AvgIpc) is 2.61. The van der Waals surface area contributed by atoms with E-state index >= 15 is 0 Å². The Kier molecular flexibility index (Phi) is 5.64. The summed E-state index contributed by atoms with van der Waals surface area (Å²) in [6.45, 7) is 4.58. The van der Waals surface area contributed by atoms with Gasteiger partial charge in [-0.25, -0.2) is 9.97 Å². The molecule has 1 aliphatic rings. The van der Waals surface area contributed by atoms with Crippen LogP contribution < -0.4 is 10.6 Å². The van der Waals surface area contributed by atoms with Gasteiger partial charge in [0.15, 0.2) is 0 Å². The standard InChI is InChI=1S/C20H26N4O/c1-14-8-10-16(11-9-14)13-21-20-22-15(2)12-18(24-20)19(25)23-17-6-4-3-5-7-17/h8-12,17H,3-7,13H2,1-2H3,(H,23,25)(H,21,22,24). The summed E-state index contributed by atoms with van der Waals surface area (Å²) < 4.78 is 0. The topological polar surface area (TPSA) is 66.9 Å². The van der Waals surface area contributed by atoms with Crippen molar-refractivity contribution in [3.63, 3.8) is 0 Å². The second kappa shape index (κ2) is 8.10. The zero-order valence-corrected chi connectivity index (χ0v) is 15.0. The Labute approximate surface area is 149 Å². The number of hydrogen-bond donors (Lipinski definition) is 2. The molecule has 2 aromatic rings. The van der Waals surface area contributed by atoms with Crippen LogP contribution in [0.4, 0.5) is 5.95 Å². The minimum Gasteiger partial charge on any atom is -0.350 e. The Morgan fingerprint density at radius 2 is 1.80 bits per heavy atom. The number of aryl methyl sites for hydroxylation is 2. The number of amides is 1. The largest absolute Gasteiger partial charge is 0.350 e. The maximum absolute atomic E-state index is 12.5. The number of anilines is 1. The first kappa shape index (κ1) is 17.4. The van der Waals surface area contributed by atoms with E-state index in [0.717, 1.165) is 24.1 Å². The van der Waals surface area contributed by atoms with Crippen LogP contribution in [0.1, 0.15) is 59.4 Å². The van der Waals surface area contributed by atoms with E-state index in [1.165, 1.54) is 24.8 Å². The van der Waals surface area contributed by atoms with Gasteiger partial charge in [-0.05, 0) is 38.3 Å². The molecule has 0 saturated heterocycles. The summed E-state index contributed by atoms with van der Waals surface area (Å²) in [7, 11) is 0. The summed E-state index contributed by atoms with van der Waals surface area (Å²) in [4.78, 5) is 21.3. The molecule has 5 heteroatoms. The van der Waals surface area contributed by atoms with Crippen molar-refractivity contribution in [3.8, 4) is 0 Å². The van der Waals surface area contributed by atoms with E-state index in [4.69, 9.17) is 0 Å². The van der Waals surface area contributed by atoms with Gasteiger partial charge in [0.05, 0.1) is 0 Å². The quantitative estimate of drug-likeness (QED) is 0.871. The highest BCUT2D eigenvalue weighted by Crippen LogP contribution is 2.18. The molecule has 1 saturated carbocycles. The van der Waals surface area contributed by atoms with Crippen molar-refractivity contribution >= 4 is 11.9 Å². The predicted octanol–water partition coefficient (Wildman–Crippen LogP) is 3.77. The third-order valence-electron chi connectivity index (χ3n) is 4.60. The van der Waals surface area contributed by atoms with Crippen molar-refractivity contribution in [2.45, 2.75) is 58.5 Å².